The second kappa shape index (κ2) is 7.63. The van der Waals surface area contributed by atoms with Crippen LogP contribution in [0.2, 0.25) is 0 Å². The van der Waals surface area contributed by atoms with E-state index in [9.17, 15) is 9.59 Å². The standard InChI is InChI=1S/C18H21NO4/c1-13-5-8-15(9-6-13)23-12-4-3-11-19-14(2)7-10-16(17(19)20)18(21)22/h5-10H,3-4,11-12H2,1-2H3,(H,21,22). The predicted molar refractivity (Wildman–Crippen MR) is 88.3 cm³/mol. The first-order chi connectivity index (χ1) is 11.0. The van der Waals surface area contributed by atoms with Gasteiger partial charge >= 0.3 is 5.97 Å². The molecule has 1 aromatic carbocycles. The Bertz CT molecular complexity index is 732. The highest BCUT2D eigenvalue weighted by Gasteiger charge is 2.11. The Morgan fingerprint density at radius 1 is 1.09 bits per heavy atom. The molecular formula is C18H21NO4. The number of nitrogens with zero attached hydrogens (tertiary/aromatic N) is 1. The van der Waals surface area contributed by atoms with Crippen LogP contribution in [0.3, 0.4) is 0 Å². The summed E-state index contributed by atoms with van der Waals surface area (Å²) in [4.78, 5) is 23.1. The van der Waals surface area contributed by atoms with E-state index < -0.39 is 11.5 Å². The Balaban J connectivity index is 1.87. The van der Waals surface area contributed by atoms with E-state index in [1.165, 1.54) is 16.2 Å². The molecule has 0 aliphatic carbocycles. The second-order valence-electron chi connectivity index (χ2n) is 5.52. The molecule has 5 nitrogen and oxygen atoms in total. The first-order valence-corrected chi connectivity index (χ1v) is 7.62. The molecule has 1 N–H and O–H groups in total. The third-order valence-corrected chi connectivity index (χ3v) is 3.69. The topological polar surface area (TPSA) is 68.5 Å². The van der Waals surface area contributed by atoms with Crippen LogP contribution in [0, 0.1) is 13.8 Å². The molecule has 0 unspecified atom stereocenters. The molecule has 1 heterocycles. The molecule has 0 aliphatic rings. The van der Waals surface area contributed by atoms with Crippen LogP contribution in [0.25, 0.3) is 0 Å². The maximum Gasteiger partial charge on any atom is 0.341 e. The van der Waals surface area contributed by atoms with Crippen LogP contribution >= 0.6 is 0 Å². The van der Waals surface area contributed by atoms with Crippen molar-refractivity contribution < 1.29 is 14.6 Å². The fraction of sp³-hybridized carbons (Fsp3) is 0.333. The maximum atomic E-state index is 12.1. The summed E-state index contributed by atoms with van der Waals surface area (Å²) in [6, 6.07) is 10.9. The summed E-state index contributed by atoms with van der Waals surface area (Å²) in [6.45, 7) is 4.88. The zero-order chi connectivity index (χ0) is 16.8. The summed E-state index contributed by atoms with van der Waals surface area (Å²) in [5.74, 6) is -0.358. The number of pyridine rings is 1. The van der Waals surface area contributed by atoms with E-state index in [0.717, 1.165) is 24.3 Å². The van der Waals surface area contributed by atoms with E-state index in [4.69, 9.17) is 9.84 Å². The molecule has 2 aromatic rings. The number of aromatic nitrogens is 1. The highest BCUT2D eigenvalue weighted by molar-refractivity contribution is 5.87. The van der Waals surface area contributed by atoms with Crippen LogP contribution in [0.15, 0.2) is 41.2 Å². The fourth-order valence-electron chi connectivity index (χ4n) is 2.31. The number of benzene rings is 1. The van der Waals surface area contributed by atoms with Crippen molar-refractivity contribution in [3.8, 4) is 5.75 Å². The quantitative estimate of drug-likeness (QED) is 0.797. The molecule has 0 bridgehead atoms. The number of ether oxygens (including phenoxy) is 1. The number of unbranched alkanes of at least 4 members (excludes halogenated alkanes) is 1. The minimum Gasteiger partial charge on any atom is -0.494 e. The summed E-state index contributed by atoms with van der Waals surface area (Å²) in [6.07, 6.45) is 1.53. The Morgan fingerprint density at radius 2 is 1.78 bits per heavy atom. The molecule has 0 atom stereocenters. The van der Waals surface area contributed by atoms with Gasteiger partial charge in [0.15, 0.2) is 0 Å². The van der Waals surface area contributed by atoms with Gasteiger partial charge in [0.2, 0.25) is 0 Å². The Labute approximate surface area is 135 Å². The van der Waals surface area contributed by atoms with E-state index >= 15 is 0 Å². The van der Waals surface area contributed by atoms with E-state index in [2.05, 4.69) is 0 Å². The van der Waals surface area contributed by atoms with Gasteiger partial charge in [0.25, 0.3) is 5.56 Å². The fourth-order valence-corrected chi connectivity index (χ4v) is 2.31. The summed E-state index contributed by atoms with van der Waals surface area (Å²) in [5, 5.41) is 9.00. The van der Waals surface area contributed by atoms with E-state index in [0.29, 0.717) is 13.2 Å². The van der Waals surface area contributed by atoms with Gasteiger partial charge in [0, 0.05) is 12.2 Å². The molecule has 1 aromatic heterocycles. The summed E-state index contributed by atoms with van der Waals surface area (Å²) in [7, 11) is 0. The van der Waals surface area contributed by atoms with Crippen molar-refractivity contribution in [2.45, 2.75) is 33.2 Å². The Morgan fingerprint density at radius 3 is 2.43 bits per heavy atom. The zero-order valence-electron chi connectivity index (χ0n) is 13.4. The van der Waals surface area contributed by atoms with Crippen LogP contribution in [0.1, 0.15) is 34.5 Å². The van der Waals surface area contributed by atoms with E-state index in [1.807, 2.05) is 31.2 Å². The van der Waals surface area contributed by atoms with Crippen molar-refractivity contribution in [3.05, 3.63) is 63.6 Å². The molecule has 5 heteroatoms. The van der Waals surface area contributed by atoms with Crippen LogP contribution in [-0.4, -0.2) is 22.2 Å². The molecular weight excluding hydrogens is 294 g/mol. The molecule has 0 fully saturated rings. The minimum atomic E-state index is -1.19. The number of carbonyl (C=O) groups is 1. The van der Waals surface area contributed by atoms with Crippen molar-refractivity contribution in [2.24, 2.45) is 0 Å². The van der Waals surface area contributed by atoms with Crippen molar-refractivity contribution in [3.63, 3.8) is 0 Å². The molecule has 23 heavy (non-hydrogen) atoms. The van der Waals surface area contributed by atoms with Crippen molar-refractivity contribution in [2.75, 3.05) is 6.61 Å². The van der Waals surface area contributed by atoms with Crippen LogP contribution in [0.4, 0.5) is 0 Å². The molecule has 0 spiro atoms. The smallest absolute Gasteiger partial charge is 0.341 e. The van der Waals surface area contributed by atoms with Crippen molar-refractivity contribution >= 4 is 5.97 Å². The largest absolute Gasteiger partial charge is 0.494 e. The molecule has 0 aliphatic heterocycles. The summed E-state index contributed by atoms with van der Waals surface area (Å²) in [5.41, 5.74) is 1.31. The molecule has 122 valence electrons. The Kier molecular flexibility index (Phi) is 5.57. The third-order valence-electron chi connectivity index (χ3n) is 3.69. The normalized spacial score (nSPS) is 10.5. The SMILES string of the molecule is Cc1ccc(OCCCCn2c(C)ccc(C(=O)O)c2=O)cc1. The highest BCUT2D eigenvalue weighted by atomic mass is 16.5. The first-order valence-electron chi connectivity index (χ1n) is 7.62. The zero-order valence-corrected chi connectivity index (χ0v) is 13.4. The van der Waals surface area contributed by atoms with E-state index in [-0.39, 0.29) is 5.56 Å². The number of hydrogen-bond acceptors (Lipinski definition) is 3. The van der Waals surface area contributed by atoms with Crippen molar-refractivity contribution in [1.29, 1.82) is 0 Å². The second-order valence-corrected chi connectivity index (χ2v) is 5.52. The third kappa shape index (κ3) is 4.45. The molecule has 0 saturated heterocycles. The number of hydrogen-bond donors (Lipinski definition) is 1. The molecule has 0 amide bonds. The summed E-state index contributed by atoms with van der Waals surface area (Å²) >= 11 is 0. The number of aryl methyl sites for hydroxylation is 2. The number of aromatic carboxylic acids is 1. The van der Waals surface area contributed by atoms with Gasteiger partial charge in [0.1, 0.15) is 11.3 Å². The van der Waals surface area contributed by atoms with Gasteiger partial charge in [-0.15, -0.1) is 0 Å². The van der Waals surface area contributed by atoms with Gasteiger partial charge in [-0.2, -0.15) is 0 Å². The van der Waals surface area contributed by atoms with Gasteiger partial charge in [0.05, 0.1) is 6.61 Å². The first kappa shape index (κ1) is 16.8. The van der Waals surface area contributed by atoms with Crippen LogP contribution in [-0.2, 0) is 6.54 Å². The number of carboxylic acids is 1. The lowest BCUT2D eigenvalue weighted by Crippen LogP contribution is -2.28. The summed E-state index contributed by atoms with van der Waals surface area (Å²) < 4.78 is 7.15. The average Bonchev–Trinajstić information content (AvgIpc) is 2.51. The van der Waals surface area contributed by atoms with E-state index in [1.54, 1.807) is 13.0 Å². The lowest BCUT2D eigenvalue weighted by Gasteiger charge is -2.11. The van der Waals surface area contributed by atoms with Crippen LogP contribution in [0.5, 0.6) is 5.75 Å². The predicted octanol–water partition coefficient (Wildman–Crippen LogP) is 3.02. The molecule has 0 radical (unpaired) electrons. The lowest BCUT2D eigenvalue weighted by atomic mass is 10.2. The van der Waals surface area contributed by atoms with Gasteiger partial charge < -0.3 is 14.4 Å². The number of carboxylic acid groups (broad SMARTS) is 1. The van der Waals surface area contributed by atoms with Gasteiger partial charge in [-0.3, -0.25) is 4.79 Å². The molecule has 2 rings (SSSR count). The van der Waals surface area contributed by atoms with Gasteiger partial charge in [-0.05, 0) is 51.0 Å². The average molecular weight is 315 g/mol. The minimum absolute atomic E-state index is 0.188. The van der Waals surface area contributed by atoms with Crippen molar-refractivity contribution in [1.82, 2.24) is 4.57 Å². The van der Waals surface area contributed by atoms with Gasteiger partial charge in [-0.1, -0.05) is 17.7 Å². The van der Waals surface area contributed by atoms with Crippen LogP contribution < -0.4 is 10.3 Å². The lowest BCUT2D eigenvalue weighted by molar-refractivity contribution is 0.0694. The molecule has 0 saturated carbocycles. The Hall–Kier alpha value is -2.56. The van der Waals surface area contributed by atoms with Gasteiger partial charge in [-0.25, -0.2) is 4.79 Å². The maximum absolute atomic E-state index is 12.1. The monoisotopic (exact) mass is 315 g/mol. The number of rotatable bonds is 7. The highest BCUT2D eigenvalue weighted by Crippen LogP contribution is 2.12.